The minimum Gasteiger partial charge on any atom is -0.459 e. The van der Waals surface area contributed by atoms with Crippen molar-refractivity contribution in [1.82, 2.24) is 14.7 Å². The van der Waals surface area contributed by atoms with Crippen molar-refractivity contribution in [1.29, 1.82) is 0 Å². The largest absolute Gasteiger partial charge is 0.459 e. The molecule has 240 valence electrons. The molecule has 1 aromatic rings. The summed E-state index contributed by atoms with van der Waals surface area (Å²) in [5.74, 6) is -3.08. The minimum atomic E-state index is -1.37. The van der Waals surface area contributed by atoms with Crippen LogP contribution in [0, 0.1) is 0 Å². The molecule has 11 heteroatoms. The van der Waals surface area contributed by atoms with Crippen LogP contribution in [0.15, 0.2) is 24.3 Å². The molecule has 1 saturated heterocycles. The molecule has 2 aliphatic rings. The Kier molecular flexibility index (Phi) is 10.0. The number of hydrogen-bond donors (Lipinski definition) is 0. The highest BCUT2D eigenvalue weighted by molar-refractivity contribution is 6.00. The van der Waals surface area contributed by atoms with Crippen molar-refractivity contribution >= 4 is 23.8 Å². The van der Waals surface area contributed by atoms with Crippen molar-refractivity contribution in [2.24, 2.45) is 0 Å². The Labute approximate surface area is 255 Å². The van der Waals surface area contributed by atoms with Gasteiger partial charge in [0.1, 0.15) is 23.3 Å². The van der Waals surface area contributed by atoms with Gasteiger partial charge in [-0.1, -0.05) is 18.2 Å². The highest BCUT2D eigenvalue weighted by Crippen LogP contribution is 2.48. The Morgan fingerprint density at radius 2 is 1.35 bits per heavy atom. The van der Waals surface area contributed by atoms with Gasteiger partial charge in [0.2, 0.25) is 5.85 Å². The van der Waals surface area contributed by atoms with Gasteiger partial charge in [-0.15, -0.1) is 0 Å². The van der Waals surface area contributed by atoms with Crippen LogP contribution in [0.1, 0.15) is 92.1 Å². The van der Waals surface area contributed by atoms with E-state index in [0.29, 0.717) is 11.1 Å². The van der Waals surface area contributed by atoms with Gasteiger partial charge in [-0.05, 0) is 82.2 Å². The van der Waals surface area contributed by atoms with Crippen molar-refractivity contribution in [2.75, 3.05) is 32.8 Å². The normalized spacial score (nSPS) is 21.1. The number of hydrogen-bond acceptors (Lipinski definition) is 10. The summed E-state index contributed by atoms with van der Waals surface area (Å²) in [6.07, 6.45) is 0. The van der Waals surface area contributed by atoms with Gasteiger partial charge in [0.25, 0.3) is 5.91 Å². The van der Waals surface area contributed by atoms with Crippen LogP contribution in [0.5, 0.6) is 0 Å². The van der Waals surface area contributed by atoms with Crippen molar-refractivity contribution < 1.29 is 38.1 Å². The van der Waals surface area contributed by atoms with Crippen LogP contribution >= 0.6 is 0 Å². The highest BCUT2D eigenvalue weighted by Gasteiger charge is 2.60. The number of carbonyl (C=O) groups is 4. The van der Waals surface area contributed by atoms with Crippen molar-refractivity contribution in [2.45, 2.75) is 111 Å². The van der Waals surface area contributed by atoms with E-state index in [-0.39, 0.29) is 44.7 Å². The number of benzene rings is 1. The molecule has 1 fully saturated rings. The Balaban J connectivity index is 2.02. The number of amides is 1. The molecule has 1 amide bonds. The van der Waals surface area contributed by atoms with E-state index in [0.717, 1.165) is 0 Å². The van der Waals surface area contributed by atoms with Crippen molar-refractivity contribution in [3.05, 3.63) is 35.4 Å². The third kappa shape index (κ3) is 8.55. The van der Waals surface area contributed by atoms with E-state index < -0.39 is 46.6 Å². The van der Waals surface area contributed by atoms with Gasteiger partial charge in [-0.3, -0.25) is 29.0 Å². The molecule has 0 aliphatic carbocycles. The number of fused-ring (bicyclic) bond motifs is 3. The summed E-state index contributed by atoms with van der Waals surface area (Å²) in [5, 5.41) is 0. The first-order chi connectivity index (χ1) is 19.6. The zero-order chi connectivity index (χ0) is 32.5. The number of rotatable bonds is 10. The van der Waals surface area contributed by atoms with E-state index in [1.165, 1.54) is 0 Å². The topological polar surface area (TPSA) is 115 Å². The first kappa shape index (κ1) is 34.5. The second kappa shape index (κ2) is 12.5. The lowest BCUT2D eigenvalue weighted by molar-refractivity contribution is -0.202. The van der Waals surface area contributed by atoms with Gasteiger partial charge in [0.05, 0.1) is 25.7 Å². The Morgan fingerprint density at radius 3 is 1.84 bits per heavy atom. The molecule has 0 bridgehead atoms. The molecule has 1 unspecified atom stereocenters. The van der Waals surface area contributed by atoms with Crippen LogP contribution < -0.4 is 0 Å². The van der Waals surface area contributed by atoms with Crippen molar-refractivity contribution in [3.8, 4) is 0 Å². The molecule has 0 N–H and O–H groups in total. The smallest absolute Gasteiger partial charge is 0.320 e. The van der Waals surface area contributed by atoms with Crippen LogP contribution in [0.4, 0.5) is 0 Å². The quantitative estimate of drug-likeness (QED) is 0.290. The fourth-order valence-corrected chi connectivity index (χ4v) is 5.43. The van der Waals surface area contributed by atoms with E-state index in [1.807, 2.05) is 26.0 Å². The molecule has 0 radical (unpaired) electrons. The van der Waals surface area contributed by atoms with Gasteiger partial charge >= 0.3 is 17.9 Å². The fraction of sp³-hybridized carbons (Fsp3) is 0.688. The van der Waals surface area contributed by atoms with Gasteiger partial charge in [0.15, 0.2) is 0 Å². The lowest BCUT2D eigenvalue weighted by Gasteiger charge is -2.44. The molecule has 11 nitrogen and oxygen atoms in total. The Morgan fingerprint density at radius 1 is 0.884 bits per heavy atom. The summed E-state index contributed by atoms with van der Waals surface area (Å²) in [6.45, 7) is 19.6. The molecule has 0 spiro atoms. The molecule has 0 aromatic heterocycles. The van der Waals surface area contributed by atoms with E-state index in [1.54, 1.807) is 89.1 Å². The predicted molar refractivity (Wildman–Crippen MR) is 160 cm³/mol. The van der Waals surface area contributed by atoms with E-state index in [4.69, 9.17) is 18.9 Å². The number of esters is 3. The van der Waals surface area contributed by atoms with Crippen molar-refractivity contribution in [3.63, 3.8) is 0 Å². The monoisotopic (exact) mass is 603 g/mol. The second-order valence-electron chi connectivity index (χ2n) is 14.4. The molecule has 43 heavy (non-hydrogen) atoms. The molecule has 2 heterocycles. The molecular formula is C32H49N3O8. The standard InChI is InChI=1S/C32H49N3O8/c1-21(33(17-25(36)41-29(3,4)5)18-26(37)42-30(6,7)8)16-34(19-27(38)43-31(9,10)11)32-24-15-13-12-14-23(24)28(39)35(32)22(2)20-40-32/h12-15,21-22H,16-20H2,1-11H3/t21-,22-,32?/m0/s1. The molecular weight excluding hydrogens is 554 g/mol. The van der Waals surface area contributed by atoms with E-state index in [9.17, 15) is 19.2 Å². The zero-order valence-electron chi connectivity index (χ0n) is 27.6. The van der Waals surface area contributed by atoms with Crippen LogP contribution in [0.2, 0.25) is 0 Å². The highest BCUT2D eigenvalue weighted by atomic mass is 16.6. The summed E-state index contributed by atoms with van der Waals surface area (Å²) >= 11 is 0. The van der Waals surface area contributed by atoms with E-state index in [2.05, 4.69) is 0 Å². The Hall–Kier alpha value is -3.02. The third-order valence-electron chi connectivity index (χ3n) is 6.80. The van der Waals surface area contributed by atoms with E-state index >= 15 is 0 Å². The first-order valence-electron chi connectivity index (χ1n) is 14.8. The summed E-state index contributed by atoms with van der Waals surface area (Å²) < 4.78 is 23.3. The number of ether oxygens (including phenoxy) is 4. The summed E-state index contributed by atoms with van der Waals surface area (Å²) in [7, 11) is 0. The SMILES string of the molecule is C[C@@H](CN(CC(=O)OC(C)(C)C)C12OC[C@H](C)N1C(=O)c1ccccc12)N(CC(=O)OC(C)(C)C)CC(=O)OC(C)(C)C. The van der Waals surface area contributed by atoms with Gasteiger partial charge < -0.3 is 18.9 Å². The fourth-order valence-electron chi connectivity index (χ4n) is 5.43. The Bertz CT molecular complexity index is 1180. The second-order valence-corrected chi connectivity index (χ2v) is 14.4. The lowest BCUT2D eigenvalue weighted by Crippen LogP contribution is -2.60. The van der Waals surface area contributed by atoms with Crippen LogP contribution in [-0.2, 0) is 39.2 Å². The van der Waals surface area contributed by atoms with Gasteiger partial charge in [-0.2, -0.15) is 0 Å². The summed E-state index contributed by atoms with van der Waals surface area (Å²) in [4.78, 5) is 58.0. The zero-order valence-corrected chi connectivity index (χ0v) is 27.6. The maximum Gasteiger partial charge on any atom is 0.320 e. The van der Waals surface area contributed by atoms with Crippen LogP contribution in [0.25, 0.3) is 0 Å². The van der Waals surface area contributed by atoms with Gasteiger partial charge in [0, 0.05) is 23.7 Å². The predicted octanol–water partition coefficient (Wildman–Crippen LogP) is 3.69. The molecule has 0 saturated carbocycles. The molecule has 1 aromatic carbocycles. The molecule has 2 aliphatic heterocycles. The third-order valence-corrected chi connectivity index (χ3v) is 6.80. The summed E-state index contributed by atoms with van der Waals surface area (Å²) in [6, 6.07) is 6.44. The molecule has 3 rings (SSSR count). The van der Waals surface area contributed by atoms with Crippen LogP contribution in [-0.4, -0.2) is 100 Å². The maximum atomic E-state index is 13.7. The lowest BCUT2D eigenvalue weighted by atomic mass is 10.0. The number of carbonyl (C=O) groups excluding carboxylic acids is 4. The van der Waals surface area contributed by atoms with Crippen LogP contribution in [0.3, 0.4) is 0 Å². The minimum absolute atomic E-state index is 0.135. The number of nitrogens with zero attached hydrogens (tertiary/aromatic N) is 3. The van der Waals surface area contributed by atoms with Gasteiger partial charge in [-0.25, -0.2) is 4.90 Å². The average Bonchev–Trinajstić information content (AvgIpc) is 3.29. The maximum absolute atomic E-state index is 13.7. The average molecular weight is 604 g/mol. The first-order valence-corrected chi connectivity index (χ1v) is 14.8. The molecule has 3 atom stereocenters. The summed E-state index contributed by atoms with van der Waals surface area (Å²) in [5.41, 5.74) is -1.05.